The van der Waals surface area contributed by atoms with E-state index in [1.807, 2.05) is 6.92 Å². The van der Waals surface area contributed by atoms with Crippen LogP contribution in [0.25, 0.3) is 0 Å². The van der Waals surface area contributed by atoms with E-state index in [1.54, 1.807) is 0 Å². The van der Waals surface area contributed by atoms with E-state index in [9.17, 15) is 5.11 Å². The Labute approximate surface area is 136 Å². The van der Waals surface area contributed by atoms with E-state index in [0.29, 0.717) is 13.2 Å². The first-order valence-electron chi connectivity index (χ1n) is 7.31. The number of likely N-dealkylation sites (tertiary alicyclic amines) is 1. The Balaban J connectivity index is 2.20. The molecule has 2 aliphatic heterocycles. The van der Waals surface area contributed by atoms with E-state index >= 15 is 0 Å². The van der Waals surface area contributed by atoms with Crippen molar-refractivity contribution in [2.24, 2.45) is 5.41 Å². The van der Waals surface area contributed by atoms with Gasteiger partial charge in [0.1, 0.15) is 0 Å². The van der Waals surface area contributed by atoms with Crippen molar-refractivity contribution in [2.75, 3.05) is 24.4 Å². The first kappa shape index (κ1) is 16.9. The zero-order chi connectivity index (χ0) is 15.2. The van der Waals surface area contributed by atoms with Crippen LogP contribution in [0.5, 0.6) is 0 Å². The maximum absolute atomic E-state index is 9.45. The molecule has 0 unspecified atom stereocenters. The molecule has 1 spiro atoms. The standard InChI is InChI=1S/C15H28INO3/c1-12(2)6-15(7-13(3,4)17(12)11-16)19-9-14(5,8-18)10-20-15/h18H,6-11H2,1-5H3. The van der Waals surface area contributed by atoms with Crippen LogP contribution in [-0.2, 0) is 9.47 Å². The van der Waals surface area contributed by atoms with Crippen molar-refractivity contribution in [3.8, 4) is 0 Å². The number of nitrogens with zero attached hydrogens (tertiary/aromatic N) is 1. The molecule has 0 bridgehead atoms. The second-order valence-corrected chi connectivity index (χ2v) is 8.67. The molecule has 5 heteroatoms. The number of ether oxygens (including phenoxy) is 2. The summed E-state index contributed by atoms with van der Waals surface area (Å²) in [6.45, 7) is 12.3. The van der Waals surface area contributed by atoms with Gasteiger partial charge >= 0.3 is 0 Å². The Kier molecular flexibility index (Phi) is 4.52. The molecular weight excluding hydrogens is 369 g/mol. The van der Waals surface area contributed by atoms with Gasteiger partial charge in [-0.2, -0.15) is 0 Å². The molecule has 2 rings (SSSR count). The maximum Gasteiger partial charge on any atom is 0.171 e. The quantitative estimate of drug-likeness (QED) is 0.442. The third-order valence-corrected chi connectivity index (χ3v) is 5.42. The van der Waals surface area contributed by atoms with Crippen LogP contribution in [-0.4, -0.2) is 51.2 Å². The monoisotopic (exact) mass is 397 g/mol. The zero-order valence-corrected chi connectivity index (χ0v) is 15.5. The largest absolute Gasteiger partial charge is 0.396 e. The van der Waals surface area contributed by atoms with Crippen LogP contribution in [0.4, 0.5) is 0 Å². The number of rotatable bonds is 2. The zero-order valence-electron chi connectivity index (χ0n) is 13.3. The summed E-state index contributed by atoms with van der Waals surface area (Å²) in [4.78, 5) is 2.53. The molecule has 0 amide bonds. The number of hydrogen-bond acceptors (Lipinski definition) is 4. The molecule has 2 aliphatic rings. The number of aliphatic hydroxyl groups excluding tert-OH is 1. The van der Waals surface area contributed by atoms with Crippen LogP contribution < -0.4 is 0 Å². The molecule has 0 aliphatic carbocycles. The van der Waals surface area contributed by atoms with Gasteiger partial charge in [-0.25, -0.2) is 0 Å². The summed E-state index contributed by atoms with van der Waals surface area (Å²) in [6.07, 6.45) is 1.74. The lowest BCUT2D eigenvalue weighted by atomic mass is 9.75. The van der Waals surface area contributed by atoms with Gasteiger partial charge in [0.2, 0.25) is 0 Å². The van der Waals surface area contributed by atoms with E-state index in [4.69, 9.17) is 9.47 Å². The minimum atomic E-state index is -0.496. The van der Waals surface area contributed by atoms with E-state index in [2.05, 4.69) is 55.2 Å². The SMILES string of the molecule is CC1(CO)COC2(CC(C)(C)N(CI)C(C)(C)C2)OC1. The van der Waals surface area contributed by atoms with Gasteiger partial charge in [-0.15, -0.1) is 0 Å². The summed E-state index contributed by atoms with van der Waals surface area (Å²) in [5, 5.41) is 9.45. The fourth-order valence-electron chi connectivity index (χ4n) is 3.70. The number of halogens is 1. The second kappa shape index (κ2) is 5.33. The molecule has 2 fully saturated rings. The molecule has 4 nitrogen and oxygen atoms in total. The number of alkyl halides is 1. The normalized spacial score (nSPS) is 31.4. The van der Waals surface area contributed by atoms with Crippen LogP contribution in [0.15, 0.2) is 0 Å². The molecule has 1 N–H and O–H groups in total. The van der Waals surface area contributed by atoms with Crippen molar-refractivity contribution >= 4 is 22.6 Å². The van der Waals surface area contributed by atoms with Crippen molar-refractivity contribution in [3.63, 3.8) is 0 Å². The molecule has 0 atom stereocenters. The molecule has 0 saturated carbocycles. The minimum Gasteiger partial charge on any atom is -0.396 e. The third kappa shape index (κ3) is 3.02. The summed E-state index contributed by atoms with van der Waals surface area (Å²) in [5.41, 5.74) is -0.189. The molecule has 118 valence electrons. The average molecular weight is 397 g/mol. The van der Waals surface area contributed by atoms with Gasteiger partial charge in [-0.3, -0.25) is 4.90 Å². The number of hydrogen-bond donors (Lipinski definition) is 1. The summed E-state index contributed by atoms with van der Waals surface area (Å²) in [5.74, 6) is -0.496. The predicted molar refractivity (Wildman–Crippen MR) is 87.9 cm³/mol. The summed E-state index contributed by atoms with van der Waals surface area (Å²) in [6, 6.07) is 0. The second-order valence-electron chi connectivity index (χ2n) is 7.98. The van der Waals surface area contributed by atoms with Gasteiger partial charge in [-0.05, 0) is 27.7 Å². The fourth-order valence-corrected chi connectivity index (χ4v) is 5.55. The topological polar surface area (TPSA) is 41.9 Å². The lowest BCUT2D eigenvalue weighted by Crippen LogP contribution is -2.68. The molecule has 0 aromatic rings. The first-order valence-corrected chi connectivity index (χ1v) is 8.83. The van der Waals surface area contributed by atoms with E-state index < -0.39 is 5.79 Å². The number of aliphatic hydroxyl groups is 1. The Morgan fingerprint density at radius 1 is 1.00 bits per heavy atom. The number of piperidine rings is 1. The molecule has 2 heterocycles. The smallest absolute Gasteiger partial charge is 0.171 e. The summed E-state index contributed by atoms with van der Waals surface area (Å²) < 4.78 is 13.3. The van der Waals surface area contributed by atoms with Crippen LogP contribution in [0.3, 0.4) is 0 Å². The van der Waals surface area contributed by atoms with E-state index in [1.165, 1.54) is 0 Å². The van der Waals surface area contributed by atoms with E-state index in [-0.39, 0.29) is 23.1 Å². The molecule has 0 aromatic heterocycles. The van der Waals surface area contributed by atoms with Crippen LogP contribution in [0.1, 0.15) is 47.5 Å². The lowest BCUT2D eigenvalue weighted by Gasteiger charge is -2.60. The fraction of sp³-hybridized carbons (Fsp3) is 1.00. The van der Waals surface area contributed by atoms with Crippen LogP contribution in [0.2, 0.25) is 0 Å². The van der Waals surface area contributed by atoms with Gasteiger partial charge in [0.15, 0.2) is 5.79 Å². The van der Waals surface area contributed by atoms with Gasteiger partial charge in [-0.1, -0.05) is 29.5 Å². The van der Waals surface area contributed by atoms with Crippen molar-refractivity contribution in [3.05, 3.63) is 0 Å². The average Bonchev–Trinajstić information content (AvgIpc) is 2.31. The van der Waals surface area contributed by atoms with E-state index in [0.717, 1.165) is 17.4 Å². The molecule has 0 radical (unpaired) electrons. The van der Waals surface area contributed by atoms with Gasteiger partial charge in [0.05, 0.1) is 24.4 Å². The lowest BCUT2D eigenvalue weighted by molar-refractivity contribution is -0.341. The Morgan fingerprint density at radius 2 is 1.45 bits per heavy atom. The Morgan fingerprint density at radius 3 is 1.80 bits per heavy atom. The van der Waals surface area contributed by atoms with Crippen molar-refractivity contribution in [1.82, 2.24) is 4.90 Å². The minimum absolute atomic E-state index is 0.0376. The highest BCUT2D eigenvalue weighted by Crippen LogP contribution is 2.48. The van der Waals surface area contributed by atoms with Crippen molar-refractivity contribution < 1.29 is 14.6 Å². The van der Waals surface area contributed by atoms with Crippen LogP contribution >= 0.6 is 22.6 Å². The van der Waals surface area contributed by atoms with Crippen LogP contribution in [0, 0.1) is 5.41 Å². The molecule has 20 heavy (non-hydrogen) atoms. The summed E-state index contributed by atoms with van der Waals surface area (Å²) >= 11 is 2.44. The highest BCUT2D eigenvalue weighted by atomic mass is 127. The molecule has 2 saturated heterocycles. The van der Waals surface area contributed by atoms with Gasteiger partial charge in [0, 0.05) is 29.3 Å². The van der Waals surface area contributed by atoms with Gasteiger partial charge < -0.3 is 14.6 Å². The van der Waals surface area contributed by atoms with Crippen molar-refractivity contribution in [1.29, 1.82) is 0 Å². The third-order valence-electron chi connectivity index (χ3n) is 4.73. The highest BCUT2D eigenvalue weighted by Gasteiger charge is 2.55. The molecular formula is C15H28INO3. The Bertz CT molecular complexity index is 342. The summed E-state index contributed by atoms with van der Waals surface area (Å²) in [7, 11) is 0. The van der Waals surface area contributed by atoms with Crippen molar-refractivity contribution in [2.45, 2.75) is 64.3 Å². The highest BCUT2D eigenvalue weighted by molar-refractivity contribution is 14.1. The molecule has 0 aromatic carbocycles. The Hall–Kier alpha value is 0.570. The van der Waals surface area contributed by atoms with Gasteiger partial charge in [0.25, 0.3) is 0 Å². The maximum atomic E-state index is 9.45. The predicted octanol–water partition coefficient (Wildman–Crippen LogP) is 2.77. The first-order chi connectivity index (χ1) is 9.08.